The monoisotopic (exact) mass is 645 g/mol. The molecule has 0 aliphatic heterocycles. The lowest BCUT2D eigenvalue weighted by Crippen LogP contribution is -2.22. The number of methoxy groups -OCH3 is 1. The molecule has 0 spiro atoms. The molecule has 0 amide bonds. The Morgan fingerprint density at radius 3 is 2.59 bits per heavy atom. The number of ether oxygens (including phenoxy) is 2. The van der Waals surface area contributed by atoms with Crippen LogP contribution in [0.25, 0.3) is 10.9 Å². The minimum Gasteiger partial charge on any atom is -0.493 e. The first kappa shape index (κ1) is 27.4. The van der Waals surface area contributed by atoms with Crippen LogP contribution in [0.15, 0.2) is 67.4 Å². The van der Waals surface area contributed by atoms with Crippen LogP contribution in [0.2, 0.25) is 5.02 Å². The van der Waals surface area contributed by atoms with Crippen LogP contribution in [-0.2, 0) is 13.0 Å². The molecule has 0 unspecified atom stereocenters. The highest BCUT2D eigenvalue weighted by molar-refractivity contribution is 9.10. The topological polar surface area (TPSA) is 65.7 Å². The number of halogens is 3. The highest BCUT2D eigenvalue weighted by atomic mass is 79.9. The minimum atomic E-state index is -0.235. The van der Waals surface area contributed by atoms with Crippen molar-refractivity contribution in [2.75, 3.05) is 7.11 Å². The van der Waals surface area contributed by atoms with Crippen molar-refractivity contribution in [2.24, 2.45) is 5.10 Å². The van der Waals surface area contributed by atoms with Crippen LogP contribution in [0.5, 0.6) is 11.5 Å². The van der Waals surface area contributed by atoms with Crippen molar-refractivity contribution >= 4 is 60.6 Å². The second-order valence-electron chi connectivity index (χ2n) is 8.55. The van der Waals surface area contributed by atoms with Crippen LogP contribution >= 0.6 is 43.5 Å². The molecular weight excluding hydrogens is 622 g/mol. The van der Waals surface area contributed by atoms with Gasteiger partial charge in [-0.15, -0.1) is 0 Å². The van der Waals surface area contributed by atoms with E-state index in [-0.39, 0.29) is 5.56 Å². The van der Waals surface area contributed by atoms with Gasteiger partial charge in [-0.05, 0) is 59.1 Å². The zero-order chi connectivity index (χ0) is 26.5. The molecule has 6 nitrogen and oxygen atoms in total. The largest absolute Gasteiger partial charge is 0.493 e. The Hall–Kier alpha value is -2.68. The number of rotatable bonds is 9. The van der Waals surface area contributed by atoms with Gasteiger partial charge in [-0.1, -0.05) is 70.7 Å². The van der Waals surface area contributed by atoms with Gasteiger partial charge in [0, 0.05) is 20.9 Å². The zero-order valence-electron chi connectivity index (χ0n) is 20.7. The molecule has 192 valence electrons. The van der Waals surface area contributed by atoms with E-state index < -0.39 is 0 Å². The Morgan fingerprint density at radius 2 is 1.89 bits per heavy atom. The van der Waals surface area contributed by atoms with Crippen molar-refractivity contribution in [2.45, 2.75) is 39.7 Å². The van der Waals surface area contributed by atoms with Crippen molar-refractivity contribution in [3.63, 3.8) is 0 Å². The molecule has 9 heteroatoms. The smallest absolute Gasteiger partial charge is 0.282 e. The van der Waals surface area contributed by atoms with Crippen LogP contribution in [0, 0.1) is 6.92 Å². The van der Waals surface area contributed by atoms with E-state index in [2.05, 4.69) is 43.9 Å². The maximum Gasteiger partial charge on any atom is 0.282 e. The van der Waals surface area contributed by atoms with E-state index in [0.29, 0.717) is 56.3 Å². The lowest BCUT2D eigenvalue weighted by molar-refractivity contribution is 0.284. The highest BCUT2D eigenvalue weighted by Crippen LogP contribution is 2.42. The average Bonchev–Trinajstić information content (AvgIpc) is 2.90. The summed E-state index contributed by atoms with van der Waals surface area (Å²) < 4.78 is 14.3. The third kappa shape index (κ3) is 6.25. The number of aromatic nitrogens is 2. The molecule has 0 aliphatic carbocycles. The van der Waals surface area contributed by atoms with Crippen LogP contribution in [0.3, 0.4) is 0 Å². The molecule has 0 aliphatic rings. The van der Waals surface area contributed by atoms with Crippen molar-refractivity contribution in [1.82, 2.24) is 9.66 Å². The van der Waals surface area contributed by atoms with Crippen molar-refractivity contribution in [1.29, 1.82) is 0 Å². The summed E-state index contributed by atoms with van der Waals surface area (Å²) in [6, 6.07) is 15.3. The van der Waals surface area contributed by atoms with E-state index in [1.54, 1.807) is 25.5 Å². The lowest BCUT2D eigenvalue weighted by atomic mass is 10.1. The van der Waals surface area contributed by atoms with Crippen molar-refractivity contribution < 1.29 is 9.47 Å². The number of fused-ring (bicyclic) bond motifs is 1. The number of aryl methyl sites for hydroxylation is 2. The lowest BCUT2D eigenvalue weighted by Gasteiger charge is -2.15. The van der Waals surface area contributed by atoms with E-state index >= 15 is 0 Å². The number of nitrogens with zero attached hydrogens (tertiary/aromatic N) is 3. The van der Waals surface area contributed by atoms with Gasteiger partial charge in [-0.3, -0.25) is 4.79 Å². The summed E-state index contributed by atoms with van der Waals surface area (Å²) in [4.78, 5) is 18.1. The van der Waals surface area contributed by atoms with E-state index in [1.807, 2.05) is 43.3 Å². The number of hydrogen-bond donors (Lipinski definition) is 0. The van der Waals surface area contributed by atoms with Crippen LogP contribution in [0.1, 0.15) is 42.3 Å². The molecule has 1 heterocycles. The van der Waals surface area contributed by atoms with E-state index in [0.717, 1.165) is 22.9 Å². The Balaban J connectivity index is 1.71. The van der Waals surface area contributed by atoms with Gasteiger partial charge in [0.05, 0.1) is 24.2 Å². The second kappa shape index (κ2) is 12.2. The molecule has 0 radical (unpaired) electrons. The van der Waals surface area contributed by atoms with Crippen molar-refractivity contribution in [3.05, 3.63) is 95.4 Å². The molecule has 4 rings (SSSR count). The standard InChI is InChI=1S/C28H26Br2ClN3O3/c1-4-5-6-24-33-22-12-11-20(29)14-21(22)28(35)34(24)32-15-19-13-23(36-3)27(26(31)25(19)30)37-16-18-9-7-17(2)8-10-18/h7-15H,4-6,16H2,1-3H3. The quantitative estimate of drug-likeness (QED) is 0.175. The minimum absolute atomic E-state index is 0.235. The third-order valence-corrected chi connectivity index (χ3v) is 7.76. The fraction of sp³-hybridized carbons (Fsp3) is 0.250. The fourth-order valence-corrected chi connectivity index (χ4v) is 4.77. The predicted molar refractivity (Wildman–Crippen MR) is 157 cm³/mol. The summed E-state index contributed by atoms with van der Waals surface area (Å²) in [6.45, 7) is 4.47. The van der Waals surface area contributed by atoms with Gasteiger partial charge in [-0.25, -0.2) is 4.98 Å². The summed E-state index contributed by atoms with van der Waals surface area (Å²) in [6.07, 6.45) is 4.07. The maximum absolute atomic E-state index is 13.4. The Labute approximate surface area is 237 Å². The molecule has 0 atom stereocenters. The molecule has 0 N–H and O–H groups in total. The Morgan fingerprint density at radius 1 is 1.14 bits per heavy atom. The molecule has 0 bridgehead atoms. The molecule has 4 aromatic rings. The molecule has 0 fully saturated rings. The van der Waals surface area contributed by atoms with E-state index in [4.69, 9.17) is 26.1 Å². The maximum atomic E-state index is 13.4. The predicted octanol–water partition coefficient (Wildman–Crippen LogP) is 7.70. The van der Waals surface area contributed by atoms with Gasteiger partial charge in [0.25, 0.3) is 5.56 Å². The van der Waals surface area contributed by atoms with Crippen molar-refractivity contribution in [3.8, 4) is 11.5 Å². The highest BCUT2D eigenvalue weighted by Gasteiger charge is 2.18. The average molecular weight is 648 g/mol. The summed E-state index contributed by atoms with van der Waals surface area (Å²) in [7, 11) is 1.55. The number of unbranched alkanes of at least 4 members (excludes halogenated alkanes) is 1. The molecule has 3 aromatic carbocycles. The van der Waals surface area contributed by atoms with Gasteiger partial charge < -0.3 is 9.47 Å². The second-order valence-corrected chi connectivity index (χ2v) is 10.6. The first-order valence-corrected chi connectivity index (χ1v) is 13.8. The normalized spacial score (nSPS) is 11.4. The Kier molecular flexibility index (Phi) is 9.05. The van der Waals surface area contributed by atoms with Gasteiger partial charge in [0.2, 0.25) is 0 Å². The molecule has 1 aromatic heterocycles. The van der Waals surface area contributed by atoms with E-state index in [1.165, 1.54) is 10.2 Å². The summed E-state index contributed by atoms with van der Waals surface area (Å²) >= 11 is 13.7. The van der Waals surface area contributed by atoms with Gasteiger partial charge >= 0.3 is 0 Å². The molecule has 0 saturated heterocycles. The van der Waals surface area contributed by atoms with Gasteiger partial charge in [0.15, 0.2) is 11.5 Å². The summed E-state index contributed by atoms with van der Waals surface area (Å²) in [5.74, 6) is 1.48. The van der Waals surface area contributed by atoms with Gasteiger partial charge in [-0.2, -0.15) is 9.78 Å². The van der Waals surface area contributed by atoms with Crippen LogP contribution < -0.4 is 15.0 Å². The summed E-state index contributed by atoms with van der Waals surface area (Å²) in [5, 5.41) is 5.37. The third-order valence-electron chi connectivity index (χ3n) is 5.82. The van der Waals surface area contributed by atoms with Gasteiger partial charge in [0.1, 0.15) is 17.5 Å². The molecule has 0 saturated carbocycles. The fourth-order valence-electron chi connectivity index (χ4n) is 3.76. The summed E-state index contributed by atoms with van der Waals surface area (Å²) in [5.41, 5.74) is 3.23. The first-order chi connectivity index (χ1) is 17.8. The zero-order valence-corrected chi connectivity index (χ0v) is 24.7. The van der Waals surface area contributed by atoms with Crippen LogP contribution in [-0.4, -0.2) is 23.0 Å². The molecule has 37 heavy (non-hydrogen) atoms. The SMILES string of the molecule is CCCCc1nc2ccc(Br)cc2c(=O)n1N=Cc1cc(OC)c(OCc2ccc(C)cc2)c(Cl)c1Br. The number of hydrogen-bond acceptors (Lipinski definition) is 5. The molecular formula is C28H26Br2ClN3O3. The van der Waals surface area contributed by atoms with E-state index in [9.17, 15) is 4.79 Å². The Bertz CT molecular complexity index is 1520. The number of benzene rings is 3. The van der Waals surface area contributed by atoms with Crippen LogP contribution in [0.4, 0.5) is 0 Å². The first-order valence-electron chi connectivity index (χ1n) is 11.8.